The molecule has 0 aromatic heterocycles. The summed E-state index contributed by atoms with van der Waals surface area (Å²) in [6, 6.07) is 0. The molecule has 1 aliphatic rings. The fraction of sp³-hybridized carbons (Fsp3) is 0.857. The predicted molar refractivity (Wildman–Crippen MR) is 160 cm³/mol. The highest BCUT2D eigenvalue weighted by molar-refractivity contribution is 6.75. The van der Waals surface area contributed by atoms with E-state index < -0.39 is 25.0 Å². The zero-order valence-electron chi connectivity index (χ0n) is 25.8. The molecule has 0 spiro atoms. The minimum absolute atomic E-state index is 0.0415. The number of hydrogen-bond donors (Lipinski definition) is 1. The lowest BCUT2D eigenvalue weighted by Crippen LogP contribution is -2.50. The van der Waals surface area contributed by atoms with Crippen molar-refractivity contribution in [1.29, 1.82) is 0 Å². The van der Waals surface area contributed by atoms with E-state index in [4.69, 9.17) is 13.3 Å². The molecule has 1 rings (SSSR count). The van der Waals surface area contributed by atoms with Gasteiger partial charge in [0, 0.05) is 0 Å². The summed E-state index contributed by atoms with van der Waals surface area (Å²) in [7, 11) is -5.91. The van der Waals surface area contributed by atoms with E-state index in [1.165, 1.54) is 11.1 Å². The van der Waals surface area contributed by atoms with Crippen molar-refractivity contribution in [3.8, 4) is 0 Å². The van der Waals surface area contributed by atoms with Gasteiger partial charge in [-0.2, -0.15) is 0 Å². The molecule has 0 bridgehead atoms. The molecule has 0 aromatic carbocycles. The van der Waals surface area contributed by atoms with Crippen molar-refractivity contribution in [3.63, 3.8) is 0 Å². The molecule has 35 heavy (non-hydrogen) atoms. The fourth-order valence-corrected chi connectivity index (χ4v) is 6.91. The first-order chi connectivity index (χ1) is 15.5. The molecule has 0 aromatic rings. The lowest BCUT2D eigenvalue weighted by molar-refractivity contribution is 0.129. The van der Waals surface area contributed by atoms with E-state index in [2.05, 4.69) is 108 Å². The lowest BCUT2D eigenvalue weighted by atomic mass is 9.85. The topological polar surface area (TPSA) is 47.9 Å². The van der Waals surface area contributed by atoms with Gasteiger partial charge >= 0.3 is 0 Å². The molecule has 0 heterocycles. The van der Waals surface area contributed by atoms with Gasteiger partial charge < -0.3 is 18.4 Å². The van der Waals surface area contributed by atoms with Crippen LogP contribution in [0.25, 0.3) is 0 Å². The Hall–Kier alpha value is -0.0294. The molecule has 2 atom stereocenters. The first-order valence-electron chi connectivity index (χ1n) is 13.4. The molecular weight excluding hydrogens is 485 g/mol. The average Bonchev–Trinajstić information content (AvgIpc) is 2.60. The Morgan fingerprint density at radius 1 is 0.686 bits per heavy atom. The van der Waals surface area contributed by atoms with Crippen LogP contribution in [0.5, 0.6) is 0 Å². The monoisotopic (exact) mass is 542 g/mol. The van der Waals surface area contributed by atoms with Gasteiger partial charge in [0.05, 0.1) is 25.4 Å². The maximum absolute atomic E-state index is 9.72. The van der Waals surface area contributed by atoms with Crippen LogP contribution in [0.2, 0.25) is 54.4 Å². The van der Waals surface area contributed by atoms with Gasteiger partial charge in [-0.15, -0.1) is 0 Å². The van der Waals surface area contributed by atoms with Gasteiger partial charge in [-0.25, -0.2) is 0 Å². The Kier molecular flexibility index (Phi) is 10.7. The Morgan fingerprint density at radius 2 is 1.06 bits per heavy atom. The minimum atomic E-state index is -2.02. The molecule has 1 fully saturated rings. The van der Waals surface area contributed by atoms with Crippen LogP contribution in [0.1, 0.15) is 75.2 Å². The van der Waals surface area contributed by atoms with E-state index in [-0.39, 0.29) is 33.9 Å². The molecule has 0 radical (unpaired) electrons. The van der Waals surface area contributed by atoms with Crippen LogP contribution in [-0.4, -0.2) is 55.5 Å². The summed E-state index contributed by atoms with van der Waals surface area (Å²) in [5.41, 5.74) is 2.48. The second-order valence-corrected chi connectivity index (χ2v) is 29.3. The van der Waals surface area contributed by atoms with E-state index in [0.717, 1.165) is 12.8 Å². The van der Waals surface area contributed by atoms with Crippen molar-refractivity contribution in [1.82, 2.24) is 0 Å². The molecule has 0 aliphatic heterocycles. The molecule has 1 aliphatic carbocycles. The van der Waals surface area contributed by atoms with Gasteiger partial charge in [-0.05, 0) is 72.8 Å². The molecule has 206 valence electrons. The van der Waals surface area contributed by atoms with Crippen LogP contribution in [0.4, 0.5) is 0 Å². The van der Waals surface area contributed by atoms with Gasteiger partial charge in [0.2, 0.25) is 0 Å². The van der Waals surface area contributed by atoms with E-state index in [9.17, 15) is 5.11 Å². The quantitative estimate of drug-likeness (QED) is 0.247. The van der Waals surface area contributed by atoms with Crippen molar-refractivity contribution in [2.24, 2.45) is 0 Å². The summed E-state index contributed by atoms with van der Waals surface area (Å²) in [5.74, 6) is 0. The third-order valence-electron chi connectivity index (χ3n) is 9.07. The molecular formula is C28H58O4Si3. The largest absolute Gasteiger partial charge is 0.413 e. The average molecular weight is 543 g/mol. The molecule has 4 nitrogen and oxygen atoms in total. The Labute approximate surface area is 221 Å². The van der Waals surface area contributed by atoms with Crippen LogP contribution in [0, 0.1) is 0 Å². The van der Waals surface area contributed by atoms with Crippen LogP contribution in [0.15, 0.2) is 23.3 Å². The van der Waals surface area contributed by atoms with Crippen LogP contribution in [-0.2, 0) is 13.3 Å². The predicted octanol–water partition coefficient (Wildman–Crippen LogP) is 8.43. The van der Waals surface area contributed by atoms with Crippen molar-refractivity contribution >= 4 is 25.0 Å². The zero-order valence-corrected chi connectivity index (χ0v) is 28.8. The highest BCUT2D eigenvalue weighted by Gasteiger charge is 2.45. The third-order valence-corrected chi connectivity index (χ3v) is 22.5. The minimum Gasteiger partial charge on any atom is -0.413 e. The zero-order chi connectivity index (χ0) is 27.7. The van der Waals surface area contributed by atoms with E-state index in [0.29, 0.717) is 6.61 Å². The van der Waals surface area contributed by atoms with Gasteiger partial charge in [-0.1, -0.05) is 80.0 Å². The molecule has 1 saturated carbocycles. The maximum Gasteiger partial charge on any atom is 0.192 e. The third kappa shape index (κ3) is 8.76. The molecule has 7 heteroatoms. The Balaban J connectivity index is 3.49. The summed E-state index contributed by atoms with van der Waals surface area (Å²) < 4.78 is 20.7. The van der Waals surface area contributed by atoms with Crippen molar-refractivity contribution in [2.75, 3.05) is 13.2 Å². The van der Waals surface area contributed by atoms with Crippen LogP contribution in [0.3, 0.4) is 0 Å². The lowest BCUT2D eigenvalue weighted by Gasteiger charge is -2.46. The normalized spacial score (nSPS) is 23.9. The first-order valence-corrected chi connectivity index (χ1v) is 22.2. The Bertz CT molecular complexity index is 721. The highest BCUT2D eigenvalue weighted by Crippen LogP contribution is 2.45. The van der Waals surface area contributed by atoms with Crippen LogP contribution >= 0.6 is 0 Å². The molecule has 1 unspecified atom stereocenters. The number of aliphatic hydroxyl groups is 1. The second-order valence-electron chi connectivity index (χ2n) is 15.0. The molecule has 0 saturated heterocycles. The maximum atomic E-state index is 9.72. The summed E-state index contributed by atoms with van der Waals surface area (Å²) in [5, 5.41) is 10.1. The Morgan fingerprint density at radius 3 is 1.37 bits per heavy atom. The number of hydrogen-bond acceptors (Lipinski definition) is 4. The van der Waals surface area contributed by atoms with E-state index >= 15 is 0 Å². The summed E-state index contributed by atoms with van der Waals surface area (Å²) in [6.07, 6.45) is 5.80. The summed E-state index contributed by atoms with van der Waals surface area (Å²) in [4.78, 5) is 0. The molecule has 0 amide bonds. The first kappa shape index (κ1) is 33.0. The SMILES string of the molecule is CC(C)(C)[Si](C)(C)OCC=C1C(O[Si](C)(C)C(C)(C)C)CC(=CCO)C[C@@H]1O[Si](C)(C)C(C)(C)C. The van der Waals surface area contributed by atoms with Crippen molar-refractivity contribution in [3.05, 3.63) is 23.3 Å². The molecule has 1 N–H and O–H groups in total. The number of rotatable bonds is 8. The highest BCUT2D eigenvalue weighted by atomic mass is 28.4. The summed E-state index contributed by atoms with van der Waals surface area (Å²) >= 11 is 0. The number of aliphatic hydroxyl groups excluding tert-OH is 1. The van der Waals surface area contributed by atoms with Gasteiger partial charge in [0.1, 0.15) is 0 Å². The van der Waals surface area contributed by atoms with Crippen molar-refractivity contribution in [2.45, 2.75) is 142 Å². The van der Waals surface area contributed by atoms with Gasteiger partial charge in [-0.3, -0.25) is 0 Å². The van der Waals surface area contributed by atoms with Gasteiger partial charge in [0.15, 0.2) is 25.0 Å². The standard InChI is InChI=1S/C28H58O4Si3/c1-26(2,3)33(10,11)30-19-17-23-24(31-34(12,13)27(4,5)6)20-22(16-18-29)21-25(23)32-35(14,15)28(7,8)9/h16-17,24-25,29H,18-21H2,1-15H3/t24-,25?/m0/s1. The van der Waals surface area contributed by atoms with Crippen LogP contribution < -0.4 is 0 Å². The van der Waals surface area contributed by atoms with E-state index in [1.54, 1.807) is 0 Å². The van der Waals surface area contributed by atoms with Gasteiger partial charge in [0.25, 0.3) is 0 Å². The second kappa shape index (κ2) is 11.4. The van der Waals surface area contributed by atoms with Crippen molar-refractivity contribution < 1.29 is 18.4 Å². The fourth-order valence-electron chi connectivity index (χ4n) is 3.41. The summed E-state index contributed by atoms with van der Waals surface area (Å²) in [6.45, 7) is 35.2. The smallest absolute Gasteiger partial charge is 0.192 e. The van der Waals surface area contributed by atoms with E-state index in [1.807, 2.05) is 6.08 Å².